The summed E-state index contributed by atoms with van der Waals surface area (Å²) < 4.78 is 7.05. The van der Waals surface area contributed by atoms with Gasteiger partial charge in [0.1, 0.15) is 10.8 Å². The molecule has 0 bridgehead atoms. The lowest BCUT2D eigenvalue weighted by molar-refractivity contribution is 0.415. The molecule has 0 saturated carbocycles. The van der Waals surface area contributed by atoms with E-state index in [1.54, 1.807) is 18.4 Å². The van der Waals surface area contributed by atoms with Crippen molar-refractivity contribution in [1.29, 1.82) is 0 Å². The Labute approximate surface area is 143 Å². The van der Waals surface area contributed by atoms with Gasteiger partial charge in [-0.25, -0.2) is 0 Å². The van der Waals surface area contributed by atoms with Crippen LogP contribution in [0.4, 0.5) is 0 Å². The van der Waals surface area contributed by atoms with Gasteiger partial charge in [-0.2, -0.15) is 9.61 Å². The maximum atomic E-state index is 5.20. The average Bonchev–Trinajstić information content (AvgIpc) is 3.22. The predicted molar refractivity (Wildman–Crippen MR) is 94.5 cm³/mol. The van der Waals surface area contributed by atoms with Crippen LogP contribution in [-0.2, 0) is 12.8 Å². The minimum absolute atomic E-state index is 0.816. The van der Waals surface area contributed by atoms with Crippen LogP contribution in [0.3, 0.4) is 0 Å². The molecule has 0 atom stereocenters. The fourth-order valence-corrected chi connectivity index (χ4v) is 3.43. The molecule has 0 radical (unpaired) electrons. The topological polar surface area (TPSA) is 52.3 Å². The second-order valence-electron chi connectivity index (χ2n) is 5.43. The van der Waals surface area contributed by atoms with E-state index in [0.29, 0.717) is 0 Å². The van der Waals surface area contributed by atoms with Gasteiger partial charge in [0.15, 0.2) is 5.82 Å². The summed E-state index contributed by atoms with van der Waals surface area (Å²) in [5.74, 6) is 1.73. The SMILES string of the molecule is COc1ccc(-c2nn3c(CCc4ccccc4)nnc3s2)cc1. The van der Waals surface area contributed by atoms with E-state index in [-0.39, 0.29) is 0 Å². The van der Waals surface area contributed by atoms with E-state index >= 15 is 0 Å². The molecule has 6 heteroatoms. The first-order valence-corrected chi connectivity index (χ1v) is 8.54. The number of rotatable bonds is 5. The molecule has 2 aromatic heterocycles. The van der Waals surface area contributed by atoms with Crippen LogP contribution in [0.5, 0.6) is 5.75 Å². The molecule has 0 aliphatic rings. The molecule has 0 aliphatic carbocycles. The van der Waals surface area contributed by atoms with Crippen LogP contribution in [0, 0.1) is 0 Å². The summed E-state index contributed by atoms with van der Waals surface area (Å²) in [4.78, 5) is 0.823. The Kier molecular flexibility index (Phi) is 3.96. The van der Waals surface area contributed by atoms with Crippen molar-refractivity contribution in [2.75, 3.05) is 7.11 Å². The molecule has 0 saturated heterocycles. The van der Waals surface area contributed by atoms with Crippen LogP contribution in [0.15, 0.2) is 54.6 Å². The molecule has 0 spiro atoms. The van der Waals surface area contributed by atoms with Crippen molar-refractivity contribution in [2.45, 2.75) is 12.8 Å². The van der Waals surface area contributed by atoms with Gasteiger partial charge in [0, 0.05) is 12.0 Å². The van der Waals surface area contributed by atoms with E-state index in [9.17, 15) is 0 Å². The van der Waals surface area contributed by atoms with Gasteiger partial charge >= 0.3 is 0 Å². The second kappa shape index (κ2) is 6.41. The molecule has 24 heavy (non-hydrogen) atoms. The van der Waals surface area contributed by atoms with Crippen molar-refractivity contribution in [3.8, 4) is 16.3 Å². The zero-order valence-electron chi connectivity index (χ0n) is 13.2. The quantitative estimate of drug-likeness (QED) is 0.558. The molecule has 120 valence electrons. The maximum Gasteiger partial charge on any atom is 0.234 e. The summed E-state index contributed by atoms with van der Waals surface area (Å²) in [6.45, 7) is 0. The van der Waals surface area contributed by atoms with Gasteiger partial charge < -0.3 is 4.74 Å². The van der Waals surface area contributed by atoms with Crippen molar-refractivity contribution in [2.24, 2.45) is 0 Å². The Hall–Kier alpha value is -2.73. The number of hydrogen-bond donors (Lipinski definition) is 0. The largest absolute Gasteiger partial charge is 0.497 e. The number of methoxy groups -OCH3 is 1. The summed E-state index contributed by atoms with van der Waals surface area (Å²) in [5.41, 5.74) is 2.35. The summed E-state index contributed by atoms with van der Waals surface area (Å²) in [6, 6.07) is 18.3. The Morgan fingerprint density at radius 2 is 1.75 bits per heavy atom. The van der Waals surface area contributed by atoms with E-state index in [4.69, 9.17) is 4.74 Å². The number of benzene rings is 2. The Morgan fingerprint density at radius 1 is 0.958 bits per heavy atom. The number of aromatic nitrogens is 4. The lowest BCUT2D eigenvalue weighted by atomic mass is 10.1. The number of ether oxygens (including phenoxy) is 1. The molecule has 0 N–H and O–H groups in total. The third-order valence-corrected chi connectivity index (χ3v) is 4.82. The highest BCUT2D eigenvalue weighted by Gasteiger charge is 2.13. The highest BCUT2D eigenvalue weighted by molar-refractivity contribution is 7.19. The molecule has 5 nitrogen and oxygen atoms in total. The fourth-order valence-electron chi connectivity index (χ4n) is 2.56. The summed E-state index contributed by atoms with van der Waals surface area (Å²) in [5, 5.41) is 14.1. The van der Waals surface area contributed by atoms with Crippen LogP contribution in [0.1, 0.15) is 11.4 Å². The molecule has 0 fully saturated rings. The van der Waals surface area contributed by atoms with E-state index in [2.05, 4.69) is 39.6 Å². The lowest BCUT2D eigenvalue weighted by Crippen LogP contribution is -1.99. The summed E-state index contributed by atoms with van der Waals surface area (Å²) in [6.07, 6.45) is 1.74. The van der Waals surface area contributed by atoms with Gasteiger partial charge in [-0.05, 0) is 36.2 Å². The highest BCUT2D eigenvalue weighted by Crippen LogP contribution is 2.27. The third kappa shape index (κ3) is 2.88. The zero-order valence-corrected chi connectivity index (χ0v) is 14.0. The Morgan fingerprint density at radius 3 is 2.50 bits per heavy atom. The fraction of sp³-hybridized carbons (Fsp3) is 0.167. The molecule has 2 aromatic carbocycles. The lowest BCUT2D eigenvalue weighted by Gasteiger charge is -2.00. The van der Waals surface area contributed by atoms with Gasteiger partial charge in [-0.1, -0.05) is 41.7 Å². The molecule has 0 amide bonds. The standard InChI is InChI=1S/C18H16N4OS/c1-23-15-10-8-14(9-11-15)17-21-22-16(19-20-18(22)24-17)12-7-13-5-3-2-4-6-13/h2-6,8-11H,7,12H2,1H3. The monoisotopic (exact) mass is 336 g/mol. The number of hydrogen-bond acceptors (Lipinski definition) is 5. The van der Waals surface area contributed by atoms with Crippen LogP contribution >= 0.6 is 11.3 Å². The van der Waals surface area contributed by atoms with E-state index in [1.807, 2.05) is 34.8 Å². The first kappa shape index (κ1) is 14.8. The average molecular weight is 336 g/mol. The van der Waals surface area contributed by atoms with Crippen LogP contribution in [0.25, 0.3) is 15.5 Å². The van der Waals surface area contributed by atoms with Crippen molar-refractivity contribution in [1.82, 2.24) is 19.8 Å². The van der Waals surface area contributed by atoms with Crippen molar-refractivity contribution in [3.05, 3.63) is 66.0 Å². The molecule has 4 aromatic rings. The molecular weight excluding hydrogens is 320 g/mol. The maximum absolute atomic E-state index is 5.20. The Bertz CT molecular complexity index is 944. The highest BCUT2D eigenvalue weighted by atomic mass is 32.1. The normalized spacial score (nSPS) is 11.0. The van der Waals surface area contributed by atoms with Crippen LogP contribution in [0.2, 0.25) is 0 Å². The van der Waals surface area contributed by atoms with Crippen molar-refractivity contribution < 1.29 is 4.74 Å². The van der Waals surface area contributed by atoms with E-state index < -0.39 is 0 Å². The predicted octanol–water partition coefficient (Wildman–Crippen LogP) is 3.65. The Balaban J connectivity index is 1.58. The van der Waals surface area contributed by atoms with Gasteiger partial charge in [0.25, 0.3) is 0 Å². The van der Waals surface area contributed by atoms with Crippen LogP contribution < -0.4 is 4.74 Å². The first-order chi connectivity index (χ1) is 11.8. The van der Waals surface area contributed by atoms with E-state index in [1.165, 1.54) is 5.56 Å². The molecular formula is C18H16N4OS. The number of nitrogens with zero attached hydrogens (tertiary/aromatic N) is 4. The van der Waals surface area contributed by atoms with Gasteiger partial charge in [-0.3, -0.25) is 0 Å². The number of fused-ring (bicyclic) bond motifs is 1. The molecule has 4 rings (SSSR count). The third-order valence-electron chi connectivity index (χ3n) is 3.87. The summed E-state index contributed by atoms with van der Waals surface area (Å²) >= 11 is 1.54. The molecule has 0 unspecified atom stereocenters. The molecule has 2 heterocycles. The van der Waals surface area contributed by atoms with Crippen molar-refractivity contribution >= 4 is 16.3 Å². The zero-order chi connectivity index (χ0) is 16.4. The van der Waals surface area contributed by atoms with Gasteiger partial charge in [0.05, 0.1) is 7.11 Å². The van der Waals surface area contributed by atoms with Crippen LogP contribution in [-0.4, -0.2) is 26.9 Å². The first-order valence-electron chi connectivity index (χ1n) is 7.73. The molecule has 0 aliphatic heterocycles. The summed E-state index contributed by atoms with van der Waals surface area (Å²) in [7, 11) is 1.66. The van der Waals surface area contributed by atoms with E-state index in [0.717, 1.165) is 39.9 Å². The second-order valence-corrected chi connectivity index (χ2v) is 6.39. The van der Waals surface area contributed by atoms with Gasteiger partial charge in [0.2, 0.25) is 4.96 Å². The smallest absolute Gasteiger partial charge is 0.234 e. The van der Waals surface area contributed by atoms with Gasteiger partial charge in [-0.15, -0.1) is 10.2 Å². The minimum atomic E-state index is 0.816. The van der Waals surface area contributed by atoms with Crippen molar-refractivity contribution in [3.63, 3.8) is 0 Å². The minimum Gasteiger partial charge on any atom is -0.497 e. The number of aryl methyl sites for hydroxylation is 2.